The van der Waals surface area contributed by atoms with Gasteiger partial charge in [0, 0.05) is 0 Å². The van der Waals surface area contributed by atoms with Crippen LogP contribution in [-0.4, -0.2) is 27.5 Å². The third kappa shape index (κ3) is 3.83. The minimum Gasteiger partial charge on any atom is -0.384 e. The SMILES string of the molecule is OC(O)C(O)PCc1ccccc1. The number of hydrogen-bond donors (Lipinski definition) is 3. The van der Waals surface area contributed by atoms with Crippen molar-refractivity contribution in [1.29, 1.82) is 0 Å². The zero-order valence-electron chi connectivity index (χ0n) is 7.09. The Kier molecular flexibility index (Phi) is 4.33. The van der Waals surface area contributed by atoms with E-state index in [-0.39, 0.29) is 8.58 Å². The Morgan fingerprint density at radius 1 is 1.08 bits per heavy atom. The highest BCUT2D eigenvalue weighted by molar-refractivity contribution is 7.37. The maximum atomic E-state index is 9.10. The van der Waals surface area contributed by atoms with Gasteiger partial charge >= 0.3 is 0 Å². The van der Waals surface area contributed by atoms with Crippen molar-refractivity contribution in [2.45, 2.75) is 18.3 Å². The molecule has 4 heteroatoms. The van der Waals surface area contributed by atoms with Crippen molar-refractivity contribution in [2.24, 2.45) is 0 Å². The van der Waals surface area contributed by atoms with E-state index >= 15 is 0 Å². The minimum atomic E-state index is -1.62. The molecule has 0 aliphatic heterocycles. The first-order chi connectivity index (χ1) is 6.20. The van der Waals surface area contributed by atoms with Crippen LogP contribution in [0.25, 0.3) is 0 Å². The van der Waals surface area contributed by atoms with E-state index in [2.05, 4.69) is 0 Å². The lowest BCUT2D eigenvalue weighted by atomic mass is 10.2. The summed E-state index contributed by atoms with van der Waals surface area (Å²) in [6.07, 6.45) is -0.943. The zero-order valence-corrected chi connectivity index (χ0v) is 8.09. The summed E-state index contributed by atoms with van der Waals surface area (Å²) in [5, 5.41) is 26.3. The van der Waals surface area contributed by atoms with Crippen molar-refractivity contribution in [3.8, 4) is 0 Å². The van der Waals surface area contributed by atoms with Crippen LogP contribution < -0.4 is 0 Å². The first kappa shape index (κ1) is 10.6. The number of rotatable bonds is 4. The number of aliphatic hydroxyl groups is 3. The zero-order chi connectivity index (χ0) is 9.68. The Bertz CT molecular complexity index is 238. The maximum absolute atomic E-state index is 9.10. The van der Waals surface area contributed by atoms with Gasteiger partial charge in [-0.05, 0) is 11.7 Å². The summed E-state index contributed by atoms with van der Waals surface area (Å²) in [6, 6.07) is 9.65. The Labute approximate surface area is 78.8 Å². The summed E-state index contributed by atoms with van der Waals surface area (Å²) in [6.45, 7) is 0. The molecule has 13 heavy (non-hydrogen) atoms. The van der Waals surface area contributed by atoms with Crippen LogP contribution in [0.4, 0.5) is 0 Å². The van der Waals surface area contributed by atoms with Gasteiger partial charge in [-0.2, -0.15) is 0 Å². The van der Waals surface area contributed by atoms with Gasteiger partial charge in [0.15, 0.2) is 6.29 Å². The molecule has 0 saturated carbocycles. The Morgan fingerprint density at radius 2 is 1.69 bits per heavy atom. The maximum Gasteiger partial charge on any atom is 0.181 e. The molecule has 0 spiro atoms. The molecule has 0 aliphatic carbocycles. The molecule has 1 aromatic rings. The van der Waals surface area contributed by atoms with E-state index in [1.807, 2.05) is 30.3 Å². The van der Waals surface area contributed by atoms with Crippen LogP contribution in [0.1, 0.15) is 5.56 Å². The van der Waals surface area contributed by atoms with Crippen molar-refractivity contribution in [3.05, 3.63) is 35.9 Å². The van der Waals surface area contributed by atoms with Crippen LogP contribution in [0, 0.1) is 0 Å². The standard InChI is InChI=1S/C9H13O3P/c10-8(11)9(12)13-6-7-4-2-1-3-5-7/h1-5,8-13H,6H2. The van der Waals surface area contributed by atoms with Gasteiger partial charge < -0.3 is 15.3 Å². The first-order valence-electron chi connectivity index (χ1n) is 4.01. The minimum absolute atomic E-state index is 0.119. The van der Waals surface area contributed by atoms with E-state index in [0.717, 1.165) is 5.56 Å². The highest BCUT2D eigenvalue weighted by Crippen LogP contribution is 2.24. The van der Waals surface area contributed by atoms with Crippen LogP contribution >= 0.6 is 8.58 Å². The second-order valence-corrected chi connectivity index (χ2v) is 4.08. The summed E-state index contributed by atoms with van der Waals surface area (Å²) in [5.74, 6) is -1.03. The summed E-state index contributed by atoms with van der Waals surface area (Å²) in [7, 11) is 0.119. The van der Waals surface area contributed by atoms with E-state index in [9.17, 15) is 0 Å². The largest absolute Gasteiger partial charge is 0.384 e. The van der Waals surface area contributed by atoms with E-state index in [1.54, 1.807) is 0 Å². The molecule has 0 aliphatic rings. The third-order valence-electron chi connectivity index (χ3n) is 1.64. The van der Waals surface area contributed by atoms with Crippen LogP contribution in [-0.2, 0) is 6.16 Å². The molecule has 2 unspecified atom stereocenters. The fourth-order valence-electron chi connectivity index (χ4n) is 0.924. The van der Waals surface area contributed by atoms with Gasteiger partial charge in [0.25, 0.3) is 0 Å². The van der Waals surface area contributed by atoms with Crippen LogP contribution in [0.3, 0.4) is 0 Å². The molecule has 0 aromatic heterocycles. The summed E-state index contributed by atoms with van der Waals surface area (Å²) >= 11 is 0. The average Bonchev–Trinajstić information content (AvgIpc) is 2.15. The molecule has 3 N–H and O–H groups in total. The predicted molar refractivity (Wildman–Crippen MR) is 52.7 cm³/mol. The van der Waals surface area contributed by atoms with Crippen molar-refractivity contribution < 1.29 is 15.3 Å². The van der Waals surface area contributed by atoms with Gasteiger partial charge in [-0.15, -0.1) is 0 Å². The molecule has 0 fully saturated rings. The molecule has 0 radical (unpaired) electrons. The van der Waals surface area contributed by atoms with E-state index in [0.29, 0.717) is 6.16 Å². The van der Waals surface area contributed by atoms with E-state index in [1.165, 1.54) is 0 Å². The smallest absolute Gasteiger partial charge is 0.181 e. The molecule has 3 nitrogen and oxygen atoms in total. The van der Waals surface area contributed by atoms with Gasteiger partial charge in [-0.3, -0.25) is 0 Å². The van der Waals surface area contributed by atoms with Gasteiger partial charge in [0.05, 0.1) is 0 Å². The lowest BCUT2D eigenvalue weighted by Gasteiger charge is -2.11. The summed E-state index contributed by atoms with van der Waals surface area (Å²) in [4.78, 5) is 0. The lowest BCUT2D eigenvalue weighted by Crippen LogP contribution is -2.20. The van der Waals surface area contributed by atoms with E-state index in [4.69, 9.17) is 15.3 Å². The Balaban J connectivity index is 2.35. The van der Waals surface area contributed by atoms with Gasteiger partial charge in [-0.25, -0.2) is 0 Å². The quantitative estimate of drug-likeness (QED) is 0.489. The molecule has 72 valence electrons. The van der Waals surface area contributed by atoms with Crippen molar-refractivity contribution in [1.82, 2.24) is 0 Å². The lowest BCUT2D eigenvalue weighted by molar-refractivity contribution is -0.0898. The summed E-state index contributed by atoms with van der Waals surface area (Å²) in [5.41, 5.74) is 1.10. The van der Waals surface area contributed by atoms with Gasteiger partial charge in [0.2, 0.25) is 0 Å². The average molecular weight is 200 g/mol. The fraction of sp³-hybridized carbons (Fsp3) is 0.333. The molecule has 0 amide bonds. The fourth-order valence-corrected chi connectivity index (χ4v) is 1.82. The Morgan fingerprint density at radius 3 is 2.23 bits per heavy atom. The van der Waals surface area contributed by atoms with Crippen LogP contribution in [0.15, 0.2) is 30.3 Å². The normalized spacial score (nSPS) is 14.2. The molecule has 0 saturated heterocycles. The van der Waals surface area contributed by atoms with Crippen LogP contribution in [0.5, 0.6) is 0 Å². The number of benzene rings is 1. The van der Waals surface area contributed by atoms with Crippen molar-refractivity contribution in [3.63, 3.8) is 0 Å². The van der Waals surface area contributed by atoms with Crippen molar-refractivity contribution in [2.75, 3.05) is 0 Å². The number of hydrogen-bond acceptors (Lipinski definition) is 3. The molecular weight excluding hydrogens is 187 g/mol. The third-order valence-corrected chi connectivity index (χ3v) is 2.97. The molecule has 1 aromatic carbocycles. The molecule has 2 atom stereocenters. The second-order valence-electron chi connectivity index (χ2n) is 2.72. The highest BCUT2D eigenvalue weighted by atomic mass is 31.1. The Hall–Kier alpha value is -0.470. The van der Waals surface area contributed by atoms with E-state index < -0.39 is 12.1 Å². The number of aliphatic hydroxyl groups excluding tert-OH is 2. The second kappa shape index (κ2) is 5.30. The topological polar surface area (TPSA) is 60.7 Å². The van der Waals surface area contributed by atoms with Gasteiger partial charge in [-0.1, -0.05) is 38.9 Å². The monoisotopic (exact) mass is 200 g/mol. The first-order valence-corrected chi connectivity index (χ1v) is 5.30. The molecular formula is C9H13O3P. The molecule has 1 rings (SSSR count). The highest BCUT2D eigenvalue weighted by Gasteiger charge is 2.11. The predicted octanol–water partition coefficient (Wildman–Crippen LogP) is 0.494. The van der Waals surface area contributed by atoms with Crippen LogP contribution in [0.2, 0.25) is 0 Å². The molecule has 0 bridgehead atoms. The molecule has 0 heterocycles. The van der Waals surface area contributed by atoms with Gasteiger partial charge in [0.1, 0.15) is 5.85 Å². The summed E-state index contributed by atoms with van der Waals surface area (Å²) < 4.78 is 0. The van der Waals surface area contributed by atoms with Crippen molar-refractivity contribution >= 4 is 8.58 Å².